The average molecular weight is 232 g/mol. The van der Waals surface area contributed by atoms with Crippen LogP contribution >= 0.6 is 15.9 Å². The van der Waals surface area contributed by atoms with E-state index in [0.29, 0.717) is 10.2 Å². The number of pyridine rings is 1. The Labute approximate surface area is 76.9 Å². The molecule has 0 saturated carbocycles. The lowest BCUT2D eigenvalue weighted by Crippen LogP contribution is -2.02. The van der Waals surface area contributed by atoms with Crippen molar-refractivity contribution in [2.75, 3.05) is 0 Å². The topological polar surface area (TPSA) is 82.0 Å². The highest BCUT2D eigenvalue weighted by Gasteiger charge is 2.14. The molecule has 0 saturated heterocycles. The molecule has 0 atom stereocenters. The van der Waals surface area contributed by atoms with E-state index >= 15 is 0 Å². The Morgan fingerprint density at radius 1 is 1.75 bits per heavy atom. The van der Waals surface area contributed by atoms with Gasteiger partial charge in [0.1, 0.15) is 4.47 Å². The van der Waals surface area contributed by atoms with Crippen LogP contribution in [0, 0.1) is 10.1 Å². The quantitative estimate of drug-likeness (QED) is 0.613. The number of halogens is 1. The maximum atomic E-state index is 10.4. The molecule has 2 N–H and O–H groups in total. The minimum Gasteiger partial charge on any atom is -0.325 e. The zero-order valence-corrected chi connectivity index (χ0v) is 7.61. The fraction of sp³-hybridized carbons (Fsp3) is 0.167. The number of nitrogens with zero attached hydrogens (tertiary/aromatic N) is 2. The van der Waals surface area contributed by atoms with Gasteiger partial charge in [-0.25, -0.2) is 0 Å². The molecule has 1 rings (SSSR count). The second-order valence-electron chi connectivity index (χ2n) is 2.05. The third-order valence-corrected chi connectivity index (χ3v) is 2.19. The van der Waals surface area contributed by atoms with Crippen molar-refractivity contribution in [3.8, 4) is 0 Å². The van der Waals surface area contributed by atoms with Gasteiger partial charge in [0.15, 0.2) is 0 Å². The van der Waals surface area contributed by atoms with E-state index in [-0.39, 0.29) is 12.2 Å². The van der Waals surface area contributed by atoms with Crippen molar-refractivity contribution in [1.82, 2.24) is 4.98 Å². The van der Waals surface area contributed by atoms with Crippen LogP contribution in [0.1, 0.15) is 5.69 Å². The molecule has 0 fully saturated rings. The van der Waals surface area contributed by atoms with Gasteiger partial charge in [-0.1, -0.05) is 0 Å². The minimum atomic E-state index is -0.481. The maximum Gasteiger partial charge on any atom is 0.286 e. The molecule has 0 aromatic carbocycles. The first-order valence-corrected chi connectivity index (χ1v) is 3.94. The molecule has 0 radical (unpaired) electrons. The Morgan fingerprint density at radius 3 is 2.92 bits per heavy atom. The molecule has 0 amide bonds. The summed E-state index contributed by atoms with van der Waals surface area (Å²) in [7, 11) is 0. The van der Waals surface area contributed by atoms with Crippen molar-refractivity contribution < 1.29 is 4.92 Å². The molecule has 1 aromatic rings. The fourth-order valence-electron chi connectivity index (χ4n) is 0.759. The minimum absolute atomic E-state index is 0.00884. The molecule has 0 aliphatic heterocycles. The van der Waals surface area contributed by atoms with Crippen LogP contribution in [-0.4, -0.2) is 9.91 Å². The van der Waals surface area contributed by atoms with Crippen LogP contribution in [0.3, 0.4) is 0 Å². The van der Waals surface area contributed by atoms with Gasteiger partial charge in [-0.15, -0.1) is 0 Å². The fourth-order valence-corrected chi connectivity index (χ4v) is 1.30. The van der Waals surface area contributed by atoms with E-state index in [1.165, 1.54) is 12.3 Å². The van der Waals surface area contributed by atoms with Crippen LogP contribution in [0.2, 0.25) is 0 Å². The lowest BCUT2D eigenvalue weighted by molar-refractivity contribution is -0.385. The molecule has 0 spiro atoms. The van der Waals surface area contributed by atoms with E-state index in [2.05, 4.69) is 20.9 Å². The molecule has 0 unspecified atom stereocenters. The lowest BCUT2D eigenvalue weighted by atomic mass is 10.3. The van der Waals surface area contributed by atoms with Gasteiger partial charge in [0.2, 0.25) is 0 Å². The molecular weight excluding hydrogens is 226 g/mol. The highest BCUT2D eigenvalue weighted by molar-refractivity contribution is 9.10. The highest BCUT2D eigenvalue weighted by Crippen LogP contribution is 2.25. The van der Waals surface area contributed by atoms with E-state index in [1.807, 2.05) is 0 Å². The van der Waals surface area contributed by atoms with Crippen molar-refractivity contribution in [1.29, 1.82) is 0 Å². The van der Waals surface area contributed by atoms with Crippen molar-refractivity contribution in [2.24, 2.45) is 5.73 Å². The van der Waals surface area contributed by atoms with Crippen molar-refractivity contribution >= 4 is 21.6 Å². The van der Waals surface area contributed by atoms with Gasteiger partial charge in [-0.3, -0.25) is 15.1 Å². The van der Waals surface area contributed by atoms with Crippen molar-refractivity contribution in [3.63, 3.8) is 0 Å². The molecule has 1 aromatic heterocycles. The number of nitrogens with two attached hydrogens (primary N) is 1. The summed E-state index contributed by atoms with van der Waals surface area (Å²) in [6.07, 6.45) is 1.37. The summed E-state index contributed by atoms with van der Waals surface area (Å²) in [6.45, 7) is 0.183. The number of hydrogen-bond acceptors (Lipinski definition) is 4. The monoisotopic (exact) mass is 231 g/mol. The predicted octanol–water partition coefficient (Wildman–Crippen LogP) is 1.21. The molecule has 5 nitrogen and oxygen atoms in total. The van der Waals surface area contributed by atoms with Gasteiger partial charge in [-0.2, -0.15) is 0 Å². The third kappa shape index (κ3) is 1.59. The van der Waals surface area contributed by atoms with Crippen LogP contribution in [0.5, 0.6) is 0 Å². The zero-order chi connectivity index (χ0) is 9.14. The standard InChI is InChI=1S/C6H6BrN3O2/c7-6-4(3-8)9-2-1-5(6)10(11)12/h1-2H,3,8H2. The summed E-state index contributed by atoms with van der Waals surface area (Å²) >= 11 is 3.06. The summed E-state index contributed by atoms with van der Waals surface area (Å²) in [5.74, 6) is 0. The Kier molecular flexibility index (Phi) is 2.72. The lowest BCUT2D eigenvalue weighted by Gasteiger charge is -1.99. The number of aromatic nitrogens is 1. The molecule has 0 aliphatic rings. The molecule has 64 valence electrons. The molecule has 6 heteroatoms. The van der Waals surface area contributed by atoms with Crippen molar-refractivity contribution in [2.45, 2.75) is 6.54 Å². The normalized spacial score (nSPS) is 9.83. The molecular formula is C6H6BrN3O2. The summed E-state index contributed by atoms with van der Waals surface area (Å²) < 4.78 is 0.359. The Bertz CT molecular complexity index is 316. The smallest absolute Gasteiger partial charge is 0.286 e. The van der Waals surface area contributed by atoms with Gasteiger partial charge in [-0.05, 0) is 15.9 Å². The van der Waals surface area contributed by atoms with E-state index in [1.54, 1.807) is 0 Å². The van der Waals surface area contributed by atoms with E-state index in [0.717, 1.165) is 0 Å². The summed E-state index contributed by atoms with van der Waals surface area (Å²) in [5.41, 5.74) is 5.79. The maximum absolute atomic E-state index is 10.4. The van der Waals surface area contributed by atoms with Crippen LogP contribution < -0.4 is 5.73 Å². The van der Waals surface area contributed by atoms with Gasteiger partial charge in [0.05, 0.1) is 10.6 Å². The Hall–Kier alpha value is -1.01. The highest BCUT2D eigenvalue weighted by atomic mass is 79.9. The molecule has 1 heterocycles. The molecule has 0 bridgehead atoms. The van der Waals surface area contributed by atoms with Gasteiger partial charge < -0.3 is 5.73 Å². The first kappa shape index (κ1) is 9.08. The van der Waals surface area contributed by atoms with Crippen LogP contribution in [0.25, 0.3) is 0 Å². The average Bonchev–Trinajstić information content (AvgIpc) is 2.04. The summed E-state index contributed by atoms with van der Waals surface area (Å²) in [6, 6.07) is 1.32. The molecule has 12 heavy (non-hydrogen) atoms. The van der Waals surface area contributed by atoms with E-state index in [4.69, 9.17) is 5.73 Å². The Morgan fingerprint density at radius 2 is 2.42 bits per heavy atom. The Balaban J connectivity index is 3.23. The van der Waals surface area contributed by atoms with E-state index in [9.17, 15) is 10.1 Å². The zero-order valence-electron chi connectivity index (χ0n) is 6.03. The summed E-state index contributed by atoms with van der Waals surface area (Å²) in [4.78, 5) is 13.8. The second kappa shape index (κ2) is 3.59. The van der Waals surface area contributed by atoms with Crippen LogP contribution in [0.15, 0.2) is 16.7 Å². The second-order valence-corrected chi connectivity index (χ2v) is 2.84. The van der Waals surface area contributed by atoms with Crippen LogP contribution in [-0.2, 0) is 6.54 Å². The number of nitro groups is 1. The SMILES string of the molecule is NCc1nccc([N+](=O)[O-])c1Br. The summed E-state index contributed by atoms with van der Waals surface area (Å²) in [5, 5.41) is 10.4. The predicted molar refractivity (Wildman–Crippen MR) is 46.5 cm³/mol. The third-order valence-electron chi connectivity index (χ3n) is 1.33. The first-order chi connectivity index (χ1) is 5.66. The van der Waals surface area contributed by atoms with E-state index < -0.39 is 4.92 Å². The van der Waals surface area contributed by atoms with Crippen LogP contribution in [0.4, 0.5) is 5.69 Å². The van der Waals surface area contributed by atoms with Gasteiger partial charge in [0, 0.05) is 18.8 Å². The van der Waals surface area contributed by atoms with Gasteiger partial charge in [0.25, 0.3) is 5.69 Å². The number of hydrogen-bond donors (Lipinski definition) is 1. The van der Waals surface area contributed by atoms with Gasteiger partial charge >= 0.3 is 0 Å². The van der Waals surface area contributed by atoms with Crippen molar-refractivity contribution in [3.05, 3.63) is 32.5 Å². The molecule has 0 aliphatic carbocycles. The number of rotatable bonds is 2. The first-order valence-electron chi connectivity index (χ1n) is 3.14. The largest absolute Gasteiger partial charge is 0.325 e.